The lowest BCUT2D eigenvalue weighted by Gasteiger charge is -2.09. The van der Waals surface area contributed by atoms with Crippen LogP contribution in [0.3, 0.4) is 0 Å². The molecule has 0 heterocycles. The Morgan fingerprint density at radius 2 is 0.886 bits per heavy atom. The molecule has 218 valence electrons. The fourth-order valence-corrected chi connectivity index (χ4v) is 5.08. The number of aryl methyl sites for hydroxylation is 2. The second kappa shape index (κ2) is 12.6. The molecule has 0 aliphatic rings. The van der Waals surface area contributed by atoms with Crippen LogP contribution >= 0.6 is 0 Å². The summed E-state index contributed by atoms with van der Waals surface area (Å²) in [7, 11) is 0. The van der Waals surface area contributed by atoms with Crippen molar-refractivity contribution in [2.75, 3.05) is 23.7 Å². The minimum absolute atomic E-state index is 0.144. The first kappa shape index (κ1) is 28.4. The minimum Gasteiger partial charge on any atom is -0.505 e. The summed E-state index contributed by atoms with van der Waals surface area (Å²) in [6.07, 6.45) is 0. The van der Waals surface area contributed by atoms with Gasteiger partial charge in [0, 0.05) is 35.2 Å². The number of rotatable bonds is 9. The predicted octanol–water partition coefficient (Wildman–Crippen LogP) is 10.4. The molecule has 6 aromatic rings. The highest BCUT2D eigenvalue weighted by atomic mass is 16.3. The lowest BCUT2D eigenvalue weighted by Crippen LogP contribution is -2.13. The zero-order chi connectivity index (χ0) is 30.5. The van der Waals surface area contributed by atoms with Gasteiger partial charge in [-0.25, -0.2) is 0 Å². The van der Waals surface area contributed by atoms with Crippen molar-refractivity contribution >= 4 is 55.7 Å². The van der Waals surface area contributed by atoms with Gasteiger partial charge in [0.05, 0.1) is 11.4 Å². The van der Waals surface area contributed by atoms with E-state index in [4.69, 9.17) is 0 Å². The molecule has 0 radical (unpaired) electrons. The number of aromatic hydroxyl groups is 2. The molecule has 8 nitrogen and oxygen atoms in total. The van der Waals surface area contributed by atoms with Gasteiger partial charge in [-0.05, 0) is 96.4 Å². The van der Waals surface area contributed by atoms with Crippen LogP contribution in [0.1, 0.15) is 11.1 Å². The SMILES string of the molecule is Cc1cc2ccccc2c(O)c1N=Nc1ccc(NCCNc2ccc(N=Nc3c(C)cc4ccccc4c3O)cc2)cc1. The average Bonchev–Trinajstić information content (AvgIpc) is 3.04. The number of fused-ring (bicyclic) bond motifs is 2. The fourth-order valence-electron chi connectivity index (χ4n) is 5.08. The Labute approximate surface area is 255 Å². The van der Waals surface area contributed by atoms with Crippen LogP contribution in [0, 0.1) is 13.8 Å². The Kier molecular flexibility index (Phi) is 8.14. The zero-order valence-electron chi connectivity index (χ0n) is 24.5. The number of anilines is 2. The van der Waals surface area contributed by atoms with Crippen LogP contribution in [-0.2, 0) is 0 Å². The molecular formula is C36H32N6O2. The number of phenolic OH excluding ortho intramolecular Hbond substituents is 2. The number of phenols is 2. The molecular weight excluding hydrogens is 548 g/mol. The fraction of sp³-hybridized carbons (Fsp3) is 0.111. The van der Waals surface area contributed by atoms with Gasteiger partial charge in [-0.15, -0.1) is 10.2 Å². The van der Waals surface area contributed by atoms with Gasteiger partial charge in [0.2, 0.25) is 0 Å². The van der Waals surface area contributed by atoms with Crippen molar-refractivity contribution in [3.8, 4) is 11.5 Å². The van der Waals surface area contributed by atoms with Gasteiger partial charge in [-0.1, -0.05) is 48.5 Å². The molecule has 0 aliphatic heterocycles. The Morgan fingerprint density at radius 3 is 1.30 bits per heavy atom. The Hall–Kier alpha value is -5.76. The quantitative estimate of drug-likeness (QED) is 0.101. The van der Waals surface area contributed by atoms with Crippen LogP contribution in [0.2, 0.25) is 0 Å². The van der Waals surface area contributed by atoms with E-state index in [0.29, 0.717) is 35.8 Å². The summed E-state index contributed by atoms with van der Waals surface area (Å²) in [5, 5.41) is 49.0. The summed E-state index contributed by atoms with van der Waals surface area (Å²) in [4.78, 5) is 0. The number of hydrogen-bond acceptors (Lipinski definition) is 8. The second-order valence-electron chi connectivity index (χ2n) is 10.6. The first-order valence-corrected chi connectivity index (χ1v) is 14.4. The Balaban J connectivity index is 1.00. The van der Waals surface area contributed by atoms with Crippen LogP contribution in [-0.4, -0.2) is 23.3 Å². The van der Waals surface area contributed by atoms with Gasteiger partial charge >= 0.3 is 0 Å². The maximum Gasteiger partial charge on any atom is 0.151 e. The lowest BCUT2D eigenvalue weighted by molar-refractivity contribution is 0.482. The van der Waals surface area contributed by atoms with E-state index in [0.717, 1.165) is 44.0 Å². The van der Waals surface area contributed by atoms with E-state index in [1.807, 2.05) is 123 Å². The molecule has 0 atom stereocenters. The van der Waals surface area contributed by atoms with Gasteiger partial charge in [-0.3, -0.25) is 0 Å². The summed E-state index contributed by atoms with van der Waals surface area (Å²) >= 11 is 0. The van der Waals surface area contributed by atoms with Crippen molar-refractivity contribution in [1.82, 2.24) is 0 Å². The molecule has 6 rings (SSSR count). The molecule has 0 aromatic heterocycles. The molecule has 0 saturated heterocycles. The van der Waals surface area contributed by atoms with Crippen molar-refractivity contribution in [3.05, 3.63) is 120 Å². The van der Waals surface area contributed by atoms with Gasteiger partial charge in [0.15, 0.2) is 11.5 Å². The highest BCUT2D eigenvalue weighted by Gasteiger charge is 2.11. The Bertz CT molecular complexity index is 1850. The summed E-state index contributed by atoms with van der Waals surface area (Å²) < 4.78 is 0. The van der Waals surface area contributed by atoms with E-state index in [1.165, 1.54) is 0 Å². The first-order chi connectivity index (χ1) is 21.5. The van der Waals surface area contributed by atoms with Crippen molar-refractivity contribution in [2.45, 2.75) is 13.8 Å². The van der Waals surface area contributed by atoms with Crippen molar-refractivity contribution in [1.29, 1.82) is 0 Å². The summed E-state index contributed by atoms with van der Waals surface area (Å²) in [6, 6.07) is 34.8. The molecule has 0 saturated carbocycles. The molecule has 44 heavy (non-hydrogen) atoms. The average molecular weight is 581 g/mol. The number of benzene rings is 6. The molecule has 0 spiro atoms. The summed E-state index contributed by atoms with van der Waals surface area (Å²) in [5.41, 5.74) is 6.03. The first-order valence-electron chi connectivity index (χ1n) is 14.4. The largest absolute Gasteiger partial charge is 0.505 e. The monoisotopic (exact) mass is 580 g/mol. The minimum atomic E-state index is 0.144. The number of hydrogen-bond donors (Lipinski definition) is 4. The zero-order valence-corrected chi connectivity index (χ0v) is 24.5. The summed E-state index contributed by atoms with van der Waals surface area (Å²) in [5.74, 6) is 0.288. The smallest absolute Gasteiger partial charge is 0.151 e. The maximum absolute atomic E-state index is 10.7. The van der Waals surface area contributed by atoms with Crippen LogP contribution in [0.25, 0.3) is 21.5 Å². The van der Waals surface area contributed by atoms with Crippen LogP contribution in [0.5, 0.6) is 11.5 Å². The molecule has 6 aromatic carbocycles. The topological polar surface area (TPSA) is 114 Å². The molecule has 0 fully saturated rings. The third-order valence-corrected chi connectivity index (χ3v) is 7.42. The normalized spacial score (nSPS) is 11.6. The Morgan fingerprint density at radius 1 is 0.500 bits per heavy atom. The molecule has 4 N–H and O–H groups in total. The van der Waals surface area contributed by atoms with E-state index in [-0.39, 0.29) is 11.5 Å². The second-order valence-corrected chi connectivity index (χ2v) is 10.6. The summed E-state index contributed by atoms with van der Waals surface area (Å²) in [6.45, 7) is 5.27. The predicted molar refractivity (Wildman–Crippen MR) is 179 cm³/mol. The highest BCUT2D eigenvalue weighted by molar-refractivity contribution is 5.94. The third-order valence-electron chi connectivity index (χ3n) is 7.42. The van der Waals surface area contributed by atoms with Gasteiger partial charge in [0.1, 0.15) is 11.4 Å². The van der Waals surface area contributed by atoms with E-state index in [1.54, 1.807) is 0 Å². The van der Waals surface area contributed by atoms with Crippen LogP contribution < -0.4 is 10.6 Å². The van der Waals surface area contributed by atoms with Crippen molar-refractivity contribution in [3.63, 3.8) is 0 Å². The van der Waals surface area contributed by atoms with Gasteiger partial charge in [-0.2, -0.15) is 10.2 Å². The van der Waals surface area contributed by atoms with E-state index in [9.17, 15) is 10.2 Å². The lowest BCUT2D eigenvalue weighted by atomic mass is 10.0. The van der Waals surface area contributed by atoms with Gasteiger partial charge < -0.3 is 20.8 Å². The van der Waals surface area contributed by atoms with E-state index in [2.05, 4.69) is 31.1 Å². The third kappa shape index (κ3) is 6.19. The standard InChI is InChI=1S/C36H32N6O2/c1-23-21-25-7-3-5-9-31(25)35(43)33(23)41-39-29-15-11-27(12-16-29)37-19-20-38-28-13-17-30(18-14-28)40-42-34-24(2)22-26-8-4-6-10-32(26)36(34)44/h3-18,21-22,37-38,43-44H,19-20H2,1-2H3. The number of azo groups is 2. The number of nitrogens with one attached hydrogen (secondary N) is 2. The maximum atomic E-state index is 10.7. The highest BCUT2D eigenvalue weighted by Crippen LogP contribution is 2.40. The molecule has 0 aliphatic carbocycles. The van der Waals surface area contributed by atoms with Crippen molar-refractivity contribution in [2.24, 2.45) is 20.5 Å². The molecule has 0 amide bonds. The molecule has 8 heteroatoms. The molecule has 0 unspecified atom stereocenters. The molecule has 0 bridgehead atoms. The van der Waals surface area contributed by atoms with E-state index >= 15 is 0 Å². The van der Waals surface area contributed by atoms with E-state index < -0.39 is 0 Å². The van der Waals surface area contributed by atoms with Crippen LogP contribution in [0.4, 0.5) is 34.1 Å². The van der Waals surface area contributed by atoms with Gasteiger partial charge in [0.25, 0.3) is 0 Å². The van der Waals surface area contributed by atoms with Crippen LogP contribution in [0.15, 0.2) is 130 Å². The van der Waals surface area contributed by atoms with Crippen molar-refractivity contribution < 1.29 is 10.2 Å². The number of nitrogens with zero attached hydrogens (tertiary/aromatic N) is 4.